The lowest BCUT2D eigenvalue weighted by molar-refractivity contribution is 0.290. The molecule has 3 nitrogen and oxygen atoms in total. The van der Waals surface area contributed by atoms with Gasteiger partial charge in [-0.1, -0.05) is 49.1 Å². The predicted molar refractivity (Wildman–Crippen MR) is 86.2 cm³/mol. The van der Waals surface area contributed by atoms with E-state index in [9.17, 15) is 4.89 Å². The molecule has 1 aromatic carbocycles. The van der Waals surface area contributed by atoms with E-state index in [-0.39, 0.29) is 0 Å². The lowest BCUT2D eigenvalue weighted by Gasteiger charge is -2.26. The van der Waals surface area contributed by atoms with Gasteiger partial charge >= 0.3 is 0 Å². The Hall–Kier alpha value is -0.980. The Balaban J connectivity index is 2.01. The third-order valence-corrected chi connectivity index (χ3v) is 6.60. The highest BCUT2D eigenvalue weighted by molar-refractivity contribution is 7.71. The van der Waals surface area contributed by atoms with Crippen molar-refractivity contribution in [3.8, 4) is 0 Å². The molecule has 0 aromatic heterocycles. The average molecular weight is 308 g/mol. The Morgan fingerprint density at radius 3 is 2.60 bits per heavy atom. The molecule has 0 spiro atoms. The van der Waals surface area contributed by atoms with E-state index in [4.69, 9.17) is 9.05 Å². The smallest absolute Gasteiger partial charge is 0.237 e. The van der Waals surface area contributed by atoms with Crippen LogP contribution in [0.25, 0.3) is 0 Å². The number of rotatable bonds is 5. The Morgan fingerprint density at radius 1 is 1.30 bits per heavy atom. The van der Waals surface area contributed by atoms with Crippen LogP contribution in [0.4, 0.5) is 0 Å². The first-order chi connectivity index (χ1) is 9.63. The Morgan fingerprint density at radius 2 is 2.00 bits per heavy atom. The lowest BCUT2D eigenvalue weighted by Crippen LogP contribution is -2.09. The molecule has 1 aliphatic rings. The first kappa shape index (κ1) is 15.4. The van der Waals surface area contributed by atoms with E-state index < -0.39 is 16.5 Å². The van der Waals surface area contributed by atoms with Crippen molar-refractivity contribution in [3.05, 3.63) is 66.5 Å². The zero-order chi connectivity index (χ0) is 14.5. The summed E-state index contributed by atoms with van der Waals surface area (Å²) in [6.07, 6.45) is 3.38. The van der Waals surface area contributed by atoms with Crippen molar-refractivity contribution in [1.29, 1.82) is 0 Å². The van der Waals surface area contributed by atoms with Gasteiger partial charge in [-0.2, -0.15) is 0 Å². The normalized spacial score (nSPS) is 20.2. The molecule has 0 radical (unpaired) electrons. The number of allylic oxidation sites excluding steroid dienone is 1. The molecule has 1 aromatic rings. The molecule has 1 N–H and O–H groups in total. The summed E-state index contributed by atoms with van der Waals surface area (Å²) in [6, 6.07) is 7.92. The van der Waals surface area contributed by atoms with Crippen LogP contribution < -0.4 is 5.30 Å². The van der Waals surface area contributed by atoms with E-state index in [1.54, 1.807) is 12.2 Å². The summed E-state index contributed by atoms with van der Waals surface area (Å²) in [7, 11) is -2.38. The van der Waals surface area contributed by atoms with E-state index in [1.165, 1.54) is 5.56 Å². The van der Waals surface area contributed by atoms with Crippen LogP contribution in [0, 0.1) is 6.92 Å². The van der Waals surface area contributed by atoms with E-state index in [0.29, 0.717) is 18.3 Å². The van der Waals surface area contributed by atoms with E-state index in [0.717, 1.165) is 10.9 Å². The first-order valence-electron chi connectivity index (χ1n) is 6.23. The summed E-state index contributed by atoms with van der Waals surface area (Å²) in [5, 5.41) is 0.943. The SMILES string of the molecule is C=CC1=C(C=C)OP(CP(O)c2ccc(C)cc2)OC1. The van der Waals surface area contributed by atoms with E-state index >= 15 is 0 Å². The number of aryl methyl sites for hydroxylation is 1. The van der Waals surface area contributed by atoms with Crippen molar-refractivity contribution in [2.45, 2.75) is 6.92 Å². The molecule has 2 atom stereocenters. The third kappa shape index (κ3) is 3.77. The van der Waals surface area contributed by atoms with Gasteiger partial charge in [0.15, 0.2) is 0 Å². The maximum Gasteiger partial charge on any atom is 0.237 e. The minimum atomic E-state index is -1.26. The molecule has 0 amide bonds. The van der Waals surface area contributed by atoms with Gasteiger partial charge in [0, 0.05) is 10.9 Å². The second kappa shape index (κ2) is 7.15. The molecule has 1 heterocycles. The lowest BCUT2D eigenvalue weighted by atomic mass is 10.2. The maximum absolute atomic E-state index is 10.3. The molecule has 0 saturated carbocycles. The van der Waals surface area contributed by atoms with Gasteiger partial charge < -0.3 is 13.9 Å². The highest BCUT2D eigenvalue weighted by Crippen LogP contribution is 2.53. The fourth-order valence-corrected chi connectivity index (χ4v) is 5.04. The molecule has 2 rings (SSSR count). The molecule has 1 aliphatic heterocycles. The van der Waals surface area contributed by atoms with Gasteiger partial charge in [0.25, 0.3) is 0 Å². The molecule has 0 fully saturated rings. The van der Waals surface area contributed by atoms with Crippen LogP contribution in [0.15, 0.2) is 60.9 Å². The third-order valence-electron chi connectivity index (χ3n) is 2.89. The van der Waals surface area contributed by atoms with Gasteiger partial charge in [-0.3, -0.25) is 0 Å². The summed E-state index contributed by atoms with van der Waals surface area (Å²) < 4.78 is 11.4. The van der Waals surface area contributed by atoms with Crippen molar-refractivity contribution in [3.63, 3.8) is 0 Å². The standard InChI is InChI=1S/C15H18O3P2/c1-4-13-10-17-20(18-15(13)5-2)11-19(16)14-8-6-12(3)7-9-14/h4-9,16H,1-2,10-11H2,3H3. The number of benzene rings is 1. The van der Waals surface area contributed by atoms with Crippen molar-refractivity contribution >= 4 is 21.8 Å². The van der Waals surface area contributed by atoms with Crippen LogP contribution >= 0.6 is 16.5 Å². The second-order valence-electron chi connectivity index (χ2n) is 4.37. The Bertz CT molecular complexity index is 522. The first-order valence-corrected chi connectivity index (χ1v) is 9.08. The van der Waals surface area contributed by atoms with Crippen LogP contribution in [0.5, 0.6) is 0 Å². The summed E-state index contributed by atoms with van der Waals surface area (Å²) in [4.78, 5) is 10.3. The predicted octanol–water partition coefficient (Wildman–Crippen LogP) is 3.95. The average Bonchev–Trinajstić information content (AvgIpc) is 2.47. The zero-order valence-electron chi connectivity index (χ0n) is 11.5. The molecule has 2 unspecified atom stereocenters. The molecule has 20 heavy (non-hydrogen) atoms. The van der Waals surface area contributed by atoms with Gasteiger partial charge in [0.2, 0.25) is 8.38 Å². The van der Waals surface area contributed by atoms with E-state index in [1.807, 2.05) is 31.2 Å². The highest BCUT2D eigenvalue weighted by Gasteiger charge is 2.25. The van der Waals surface area contributed by atoms with Crippen LogP contribution in [0.3, 0.4) is 0 Å². The van der Waals surface area contributed by atoms with Crippen LogP contribution in [-0.2, 0) is 9.05 Å². The summed E-state index contributed by atoms with van der Waals surface area (Å²) in [5.74, 6) is 1.22. The van der Waals surface area contributed by atoms with Crippen LogP contribution in [0.1, 0.15) is 5.56 Å². The van der Waals surface area contributed by atoms with Gasteiger partial charge in [-0.05, 0) is 13.0 Å². The van der Waals surface area contributed by atoms with Crippen molar-refractivity contribution < 1.29 is 13.9 Å². The summed E-state index contributed by atoms with van der Waals surface area (Å²) >= 11 is 0. The Labute approximate surface area is 122 Å². The molecular formula is C15H18O3P2. The second-order valence-corrected chi connectivity index (χ2v) is 7.92. The quantitative estimate of drug-likeness (QED) is 0.837. The number of hydrogen-bond donors (Lipinski definition) is 1. The topological polar surface area (TPSA) is 38.7 Å². The molecule has 5 heteroatoms. The largest absolute Gasteiger partial charge is 0.446 e. The van der Waals surface area contributed by atoms with Gasteiger partial charge in [0.05, 0.1) is 20.7 Å². The molecule has 106 valence electrons. The molecule has 0 aliphatic carbocycles. The zero-order valence-corrected chi connectivity index (χ0v) is 13.2. The van der Waals surface area contributed by atoms with Crippen molar-refractivity contribution in [2.75, 3.05) is 12.5 Å². The minimum Gasteiger partial charge on any atom is -0.446 e. The monoisotopic (exact) mass is 308 g/mol. The summed E-state index contributed by atoms with van der Waals surface area (Å²) in [6.45, 7) is 9.94. The minimum absolute atomic E-state index is 0.466. The fourth-order valence-electron chi connectivity index (χ4n) is 1.71. The van der Waals surface area contributed by atoms with Gasteiger partial charge in [-0.15, -0.1) is 0 Å². The molecular weight excluding hydrogens is 290 g/mol. The molecule has 0 saturated heterocycles. The number of hydrogen-bond acceptors (Lipinski definition) is 3. The fraction of sp³-hybridized carbons (Fsp3) is 0.200. The highest BCUT2D eigenvalue weighted by atomic mass is 31.2. The van der Waals surface area contributed by atoms with Crippen LogP contribution in [-0.4, -0.2) is 17.4 Å². The molecule has 0 bridgehead atoms. The summed E-state index contributed by atoms with van der Waals surface area (Å²) in [5.41, 5.74) is 2.08. The van der Waals surface area contributed by atoms with Gasteiger partial charge in [0.1, 0.15) is 5.76 Å². The van der Waals surface area contributed by atoms with Crippen molar-refractivity contribution in [2.24, 2.45) is 0 Å². The van der Waals surface area contributed by atoms with Crippen molar-refractivity contribution in [1.82, 2.24) is 0 Å². The van der Waals surface area contributed by atoms with Gasteiger partial charge in [-0.25, -0.2) is 0 Å². The Kier molecular flexibility index (Phi) is 5.51. The van der Waals surface area contributed by atoms with Crippen LogP contribution in [0.2, 0.25) is 0 Å². The van der Waals surface area contributed by atoms with E-state index in [2.05, 4.69) is 13.2 Å². The maximum atomic E-state index is 10.3.